The summed E-state index contributed by atoms with van der Waals surface area (Å²) in [4.78, 5) is 17.6. The van der Waals surface area contributed by atoms with E-state index < -0.39 is 5.97 Å². The zero-order chi connectivity index (χ0) is 16.5. The standard InChI is InChI=1S/C18H18N2O4/c21-18(22)13-3-5-14(19-9-13)10-20-7-1-2-15(20)12-4-6-16-17(8-12)24-11-23-16/h3-6,8-9,15H,1-2,7,10-11H2,(H,21,22). The summed E-state index contributed by atoms with van der Waals surface area (Å²) in [6, 6.07) is 9.84. The van der Waals surface area contributed by atoms with Crippen molar-refractivity contribution >= 4 is 5.97 Å². The Kier molecular flexibility index (Phi) is 3.82. The summed E-state index contributed by atoms with van der Waals surface area (Å²) in [5.74, 6) is 0.658. The van der Waals surface area contributed by atoms with Gasteiger partial charge in [-0.05, 0) is 49.2 Å². The smallest absolute Gasteiger partial charge is 0.337 e. The van der Waals surface area contributed by atoms with Crippen molar-refractivity contribution in [3.8, 4) is 11.5 Å². The SMILES string of the molecule is O=C(O)c1ccc(CN2CCCC2c2ccc3c(c2)OCO3)nc1. The fraction of sp³-hybridized carbons (Fsp3) is 0.333. The predicted molar refractivity (Wildman–Crippen MR) is 86.1 cm³/mol. The molecule has 1 atom stereocenters. The van der Waals surface area contributed by atoms with Gasteiger partial charge in [-0.1, -0.05) is 6.07 Å². The van der Waals surface area contributed by atoms with Gasteiger partial charge in [-0.2, -0.15) is 0 Å². The molecule has 1 N–H and O–H groups in total. The summed E-state index contributed by atoms with van der Waals surface area (Å²) in [7, 11) is 0. The maximum Gasteiger partial charge on any atom is 0.337 e. The van der Waals surface area contributed by atoms with Crippen molar-refractivity contribution < 1.29 is 19.4 Å². The lowest BCUT2D eigenvalue weighted by atomic mass is 10.0. The highest BCUT2D eigenvalue weighted by Crippen LogP contribution is 2.39. The summed E-state index contributed by atoms with van der Waals surface area (Å²) in [6.45, 7) is 1.99. The van der Waals surface area contributed by atoms with Crippen LogP contribution in [0.2, 0.25) is 0 Å². The van der Waals surface area contributed by atoms with Crippen LogP contribution < -0.4 is 9.47 Å². The number of carboxylic acid groups (broad SMARTS) is 1. The van der Waals surface area contributed by atoms with Crippen LogP contribution in [0.15, 0.2) is 36.5 Å². The molecule has 2 aromatic rings. The van der Waals surface area contributed by atoms with Crippen molar-refractivity contribution in [3.63, 3.8) is 0 Å². The fourth-order valence-electron chi connectivity index (χ4n) is 3.37. The van der Waals surface area contributed by atoms with Crippen molar-refractivity contribution in [3.05, 3.63) is 53.3 Å². The van der Waals surface area contributed by atoms with E-state index in [4.69, 9.17) is 14.6 Å². The van der Waals surface area contributed by atoms with Crippen molar-refractivity contribution in [2.45, 2.75) is 25.4 Å². The molecule has 1 aromatic heterocycles. The molecule has 6 nitrogen and oxygen atoms in total. The van der Waals surface area contributed by atoms with Crippen LogP contribution in [0.4, 0.5) is 0 Å². The minimum atomic E-state index is -0.951. The summed E-state index contributed by atoms with van der Waals surface area (Å²) in [6.07, 6.45) is 3.64. The normalized spacial score (nSPS) is 19.6. The van der Waals surface area contributed by atoms with Crippen LogP contribution >= 0.6 is 0 Å². The minimum Gasteiger partial charge on any atom is -0.478 e. The molecule has 2 aliphatic rings. The van der Waals surface area contributed by atoms with Gasteiger partial charge in [0.05, 0.1) is 11.3 Å². The lowest BCUT2D eigenvalue weighted by molar-refractivity contribution is 0.0696. The number of fused-ring (bicyclic) bond motifs is 1. The van der Waals surface area contributed by atoms with Gasteiger partial charge in [0.25, 0.3) is 0 Å². The Morgan fingerprint density at radius 1 is 1.25 bits per heavy atom. The van der Waals surface area contributed by atoms with Gasteiger partial charge in [-0.25, -0.2) is 4.79 Å². The summed E-state index contributed by atoms with van der Waals surface area (Å²) < 4.78 is 10.9. The maximum absolute atomic E-state index is 10.9. The number of aromatic carboxylic acids is 1. The third-order valence-corrected chi connectivity index (χ3v) is 4.58. The predicted octanol–water partition coefficient (Wildman–Crippen LogP) is 2.85. The zero-order valence-corrected chi connectivity index (χ0v) is 13.1. The lowest BCUT2D eigenvalue weighted by Crippen LogP contribution is -2.23. The third kappa shape index (κ3) is 2.80. The number of carboxylic acids is 1. The molecule has 2 aliphatic heterocycles. The Bertz CT molecular complexity index is 760. The van der Waals surface area contributed by atoms with Gasteiger partial charge >= 0.3 is 5.97 Å². The van der Waals surface area contributed by atoms with E-state index in [-0.39, 0.29) is 12.4 Å². The molecular formula is C18H18N2O4. The largest absolute Gasteiger partial charge is 0.478 e. The molecule has 0 radical (unpaired) electrons. The Hall–Kier alpha value is -2.60. The van der Waals surface area contributed by atoms with E-state index >= 15 is 0 Å². The summed E-state index contributed by atoms with van der Waals surface area (Å²) in [5.41, 5.74) is 2.32. The molecule has 0 bridgehead atoms. The highest BCUT2D eigenvalue weighted by molar-refractivity contribution is 5.87. The van der Waals surface area contributed by atoms with Crippen molar-refractivity contribution in [1.82, 2.24) is 9.88 Å². The first-order valence-electron chi connectivity index (χ1n) is 8.02. The quantitative estimate of drug-likeness (QED) is 0.931. The number of nitrogens with zero attached hydrogens (tertiary/aromatic N) is 2. The van der Waals surface area contributed by atoms with E-state index in [9.17, 15) is 4.79 Å². The second-order valence-corrected chi connectivity index (χ2v) is 6.08. The lowest BCUT2D eigenvalue weighted by Gasteiger charge is -2.24. The Morgan fingerprint density at radius 3 is 2.92 bits per heavy atom. The molecule has 3 heterocycles. The number of likely N-dealkylation sites (tertiary alicyclic amines) is 1. The average Bonchev–Trinajstić information content (AvgIpc) is 3.23. The molecular weight excluding hydrogens is 308 g/mol. The molecule has 1 saturated heterocycles. The Labute approximate surface area is 139 Å². The molecule has 0 aliphatic carbocycles. The number of pyridine rings is 1. The topological polar surface area (TPSA) is 71.9 Å². The minimum absolute atomic E-state index is 0.215. The van der Waals surface area contributed by atoms with Gasteiger partial charge in [0.2, 0.25) is 6.79 Å². The number of carbonyl (C=O) groups is 1. The number of aromatic nitrogens is 1. The van der Waals surface area contributed by atoms with Crippen LogP contribution in [-0.4, -0.2) is 34.3 Å². The molecule has 1 unspecified atom stereocenters. The van der Waals surface area contributed by atoms with E-state index in [1.54, 1.807) is 12.1 Å². The first-order chi connectivity index (χ1) is 11.7. The van der Waals surface area contributed by atoms with Crippen LogP contribution in [-0.2, 0) is 6.54 Å². The second kappa shape index (κ2) is 6.13. The van der Waals surface area contributed by atoms with Gasteiger partial charge < -0.3 is 14.6 Å². The highest BCUT2D eigenvalue weighted by atomic mass is 16.7. The number of rotatable bonds is 4. The van der Waals surface area contributed by atoms with Crippen LogP contribution in [0.25, 0.3) is 0 Å². The Morgan fingerprint density at radius 2 is 2.12 bits per heavy atom. The second-order valence-electron chi connectivity index (χ2n) is 6.08. The third-order valence-electron chi connectivity index (χ3n) is 4.58. The fourth-order valence-corrected chi connectivity index (χ4v) is 3.37. The first kappa shape index (κ1) is 15.0. The number of ether oxygens (including phenoxy) is 2. The van der Waals surface area contributed by atoms with Crippen molar-refractivity contribution in [2.24, 2.45) is 0 Å². The van der Waals surface area contributed by atoms with Crippen LogP contribution in [0.5, 0.6) is 11.5 Å². The van der Waals surface area contributed by atoms with Crippen molar-refractivity contribution in [1.29, 1.82) is 0 Å². The maximum atomic E-state index is 10.9. The van der Waals surface area contributed by atoms with Gasteiger partial charge in [-0.3, -0.25) is 9.88 Å². The van der Waals surface area contributed by atoms with E-state index in [2.05, 4.69) is 22.0 Å². The average molecular weight is 326 g/mol. The molecule has 4 rings (SSSR count). The highest BCUT2D eigenvalue weighted by Gasteiger charge is 2.28. The van der Waals surface area contributed by atoms with Crippen LogP contribution in [0.1, 0.15) is 40.5 Å². The summed E-state index contributed by atoms with van der Waals surface area (Å²) in [5, 5.41) is 8.96. The van der Waals surface area contributed by atoms with Crippen LogP contribution in [0, 0.1) is 0 Å². The molecule has 0 saturated carbocycles. The van der Waals surface area contributed by atoms with Crippen LogP contribution in [0.3, 0.4) is 0 Å². The van der Waals surface area contributed by atoms with Gasteiger partial charge in [-0.15, -0.1) is 0 Å². The van der Waals surface area contributed by atoms with E-state index in [0.717, 1.165) is 36.6 Å². The van der Waals surface area contributed by atoms with Crippen molar-refractivity contribution in [2.75, 3.05) is 13.3 Å². The van der Waals surface area contributed by atoms with E-state index in [1.165, 1.54) is 11.8 Å². The summed E-state index contributed by atoms with van der Waals surface area (Å²) >= 11 is 0. The number of hydrogen-bond acceptors (Lipinski definition) is 5. The molecule has 124 valence electrons. The monoisotopic (exact) mass is 326 g/mol. The zero-order valence-electron chi connectivity index (χ0n) is 13.1. The number of benzene rings is 1. The molecule has 1 fully saturated rings. The van der Waals surface area contributed by atoms with Gasteiger partial charge in [0.15, 0.2) is 11.5 Å². The van der Waals surface area contributed by atoms with E-state index in [0.29, 0.717) is 12.6 Å². The van der Waals surface area contributed by atoms with Gasteiger partial charge in [0, 0.05) is 18.8 Å². The first-order valence-corrected chi connectivity index (χ1v) is 8.02. The molecule has 1 aromatic carbocycles. The molecule has 6 heteroatoms. The molecule has 0 spiro atoms. The number of hydrogen-bond donors (Lipinski definition) is 1. The van der Waals surface area contributed by atoms with E-state index in [1.807, 2.05) is 6.07 Å². The molecule has 24 heavy (non-hydrogen) atoms. The Balaban J connectivity index is 1.51. The van der Waals surface area contributed by atoms with Gasteiger partial charge in [0.1, 0.15) is 0 Å². The molecule has 0 amide bonds.